The molecule has 5 rings (SSSR count). The predicted octanol–water partition coefficient (Wildman–Crippen LogP) is 6.26. The molecule has 3 amide bonds. The van der Waals surface area contributed by atoms with E-state index in [1.807, 2.05) is 0 Å². The Morgan fingerprint density at radius 3 is 2.21 bits per heavy atom. The zero-order chi connectivity index (χ0) is 38.0. The molecule has 4 aromatic carbocycles. The zero-order valence-corrected chi connectivity index (χ0v) is 29.1. The minimum atomic E-state index is -4.52. The molecule has 1 heterocycles. The summed E-state index contributed by atoms with van der Waals surface area (Å²) in [4.78, 5) is 69.0. The number of likely N-dealkylation sites (N-methyl/N-ethyl adjacent to an activating group) is 1. The van der Waals surface area contributed by atoms with Gasteiger partial charge in [-0.15, -0.1) is 0 Å². The van der Waals surface area contributed by atoms with Gasteiger partial charge < -0.3 is 24.6 Å². The Morgan fingerprint density at radius 2 is 1.56 bits per heavy atom. The van der Waals surface area contributed by atoms with Crippen molar-refractivity contribution in [1.29, 1.82) is 0 Å². The first kappa shape index (κ1) is 37.3. The molecular formula is C39H36F3N3O7. The number of nitrogens with one attached hydrogen (secondary N) is 1. The van der Waals surface area contributed by atoms with E-state index in [4.69, 9.17) is 9.47 Å². The van der Waals surface area contributed by atoms with Crippen LogP contribution < -0.4 is 5.32 Å². The maximum Gasteiger partial charge on any atom is 0.416 e. The van der Waals surface area contributed by atoms with Gasteiger partial charge in [0.05, 0.1) is 29.8 Å². The second-order valence-electron chi connectivity index (χ2n) is 12.5. The number of esters is 2. The van der Waals surface area contributed by atoms with Crippen LogP contribution in [0.5, 0.6) is 0 Å². The first-order chi connectivity index (χ1) is 24.6. The SMILES string of the molecule is CCOC(=O)C1(COC(=O)Cc2ccc(NC(=O)c3ccc(C)cc3-c3ccc(C(F)(F)F)cc3)c(C(=O)N(C)C)c2)c2ccccc2C(=O)N1C. The van der Waals surface area contributed by atoms with Gasteiger partial charge in [-0.05, 0) is 66.9 Å². The number of benzene rings is 4. The Kier molecular flexibility index (Phi) is 10.5. The van der Waals surface area contributed by atoms with Crippen LogP contribution in [0.4, 0.5) is 18.9 Å². The van der Waals surface area contributed by atoms with Crippen molar-refractivity contribution in [2.75, 3.05) is 39.7 Å². The highest BCUT2D eigenvalue weighted by Gasteiger charge is 2.55. The van der Waals surface area contributed by atoms with Crippen LogP contribution in [0.25, 0.3) is 11.1 Å². The minimum Gasteiger partial charge on any atom is -0.464 e. The van der Waals surface area contributed by atoms with E-state index in [1.54, 1.807) is 56.3 Å². The molecule has 13 heteroatoms. The molecule has 0 spiro atoms. The maximum atomic E-state index is 13.7. The number of ether oxygens (including phenoxy) is 2. The van der Waals surface area contributed by atoms with Crippen molar-refractivity contribution in [3.05, 3.63) is 124 Å². The van der Waals surface area contributed by atoms with Crippen molar-refractivity contribution < 1.29 is 46.6 Å². The van der Waals surface area contributed by atoms with Gasteiger partial charge >= 0.3 is 18.1 Å². The molecule has 1 aliphatic heterocycles. The summed E-state index contributed by atoms with van der Waals surface area (Å²) in [6.45, 7) is 2.93. The summed E-state index contributed by atoms with van der Waals surface area (Å²) in [5.74, 6) is -3.04. The fourth-order valence-corrected chi connectivity index (χ4v) is 6.05. The highest BCUT2D eigenvalue weighted by atomic mass is 19.4. The highest BCUT2D eigenvalue weighted by Crippen LogP contribution is 2.40. The molecule has 0 radical (unpaired) electrons. The highest BCUT2D eigenvalue weighted by molar-refractivity contribution is 6.12. The third-order valence-electron chi connectivity index (χ3n) is 8.80. The maximum absolute atomic E-state index is 13.7. The molecule has 52 heavy (non-hydrogen) atoms. The number of halogens is 3. The van der Waals surface area contributed by atoms with Gasteiger partial charge in [0.1, 0.15) is 6.61 Å². The van der Waals surface area contributed by atoms with E-state index in [9.17, 15) is 37.1 Å². The molecule has 1 unspecified atom stereocenters. The molecule has 0 aromatic heterocycles. The number of rotatable bonds is 10. The summed E-state index contributed by atoms with van der Waals surface area (Å²) in [6, 6.07) is 20.3. The van der Waals surface area contributed by atoms with E-state index in [0.29, 0.717) is 22.3 Å². The Balaban J connectivity index is 1.39. The average molecular weight is 716 g/mol. The smallest absolute Gasteiger partial charge is 0.416 e. The molecule has 1 N–H and O–H groups in total. The van der Waals surface area contributed by atoms with Gasteiger partial charge in [0, 0.05) is 37.8 Å². The van der Waals surface area contributed by atoms with Gasteiger partial charge in [-0.25, -0.2) is 4.79 Å². The van der Waals surface area contributed by atoms with E-state index < -0.39 is 53.5 Å². The van der Waals surface area contributed by atoms with E-state index in [1.165, 1.54) is 61.3 Å². The lowest BCUT2D eigenvalue weighted by Crippen LogP contribution is -2.52. The number of hydrogen-bond donors (Lipinski definition) is 1. The Hall–Kier alpha value is -5.98. The second kappa shape index (κ2) is 14.7. The average Bonchev–Trinajstić information content (AvgIpc) is 3.33. The van der Waals surface area contributed by atoms with Crippen LogP contribution in [-0.2, 0) is 37.2 Å². The molecular weight excluding hydrogens is 679 g/mol. The molecule has 4 aromatic rings. The fraction of sp³-hybridized carbons (Fsp3) is 0.256. The number of amides is 3. The number of aryl methyl sites for hydroxylation is 1. The van der Waals surface area contributed by atoms with Crippen LogP contribution >= 0.6 is 0 Å². The number of carbonyl (C=O) groups is 5. The summed E-state index contributed by atoms with van der Waals surface area (Å²) in [6.07, 6.45) is -4.84. The summed E-state index contributed by atoms with van der Waals surface area (Å²) in [7, 11) is 4.47. The molecule has 0 bridgehead atoms. The van der Waals surface area contributed by atoms with Gasteiger partial charge in [-0.1, -0.05) is 54.1 Å². The van der Waals surface area contributed by atoms with Crippen LogP contribution in [0.3, 0.4) is 0 Å². The van der Waals surface area contributed by atoms with Crippen molar-refractivity contribution in [2.24, 2.45) is 0 Å². The number of alkyl halides is 3. The molecule has 0 fully saturated rings. The van der Waals surface area contributed by atoms with E-state index >= 15 is 0 Å². The molecule has 0 aliphatic carbocycles. The number of hydrogen-bond acceptors (Lipinski definition) is 7. The Bertz CT molecular complexity index is 2060. The van der Waals surface area contributed by atoms with Crippen molar-refractivity contribution in [3.8, 4) is 11.1 Å². The van der Waals surface area contributed by atoms with Crippen molar-refractivity contribution in [2.45, 2.75) is 32.0 Å². The minimum absolute atomic E-state index is 0.0323. The molecule has 10 nitrogen and oxygen atoms in total. The predicted molar refractivity (Wildman–Crippen MR) is 186 cm³/mol. The monoisotopic (exact) mass is 715 g/mol. The Morgan fingerprint density at radius 1 is 0.865 bits per heavy atom. The van der Waals surface area contributed by atoms with E-state index in [2.05, 4.69) is 5.32 Å². The number of fused-ring (bicyclic) bond motifs is 1. The third kappa shape index (κ3) is 7.25. The van der Waals surface area contributed by atoms with E-state index in [-0.39, 0.29) is 35.4 Å². The van der Waals surface area contributed by atoms with Crippen LogP contribution in [0.15, 0.2) is 84.9 Å². The number of carbonyl (C=O) groups excluding carboxylic acids is 5. The van der Waals surface area contributed by atoms with Crippen LogP contribution in [-0.4, -0.2) is 73.8 Å². The standard InChI is InChI=1S/C39H36F3N3O7/c1-6-51-37(50)38(31-10-8-7-9-28(31)36(49)45(38)5)22-52-33(46)21-24-12-18-32(30(20-24)35(48)44(3)4)43-34(47)27-17-11-23(2)19-29(27)25-13-15-26(16-14-25)39(40,41)42/h7-20H,6,21-22H2,1-5H3,(H,43,47). The molecule has 0 saturated heterocycles. The summed E-state index contributed by atoms with van der Waals surface area (Å²) < 4.78 is 50.5. The summed E-state index contributed by atoms with van der Waals surface area (Å²) in [5, 5.41) is 2.75. The van der Waals surface area contributed by atoms with Crippen molar-refractivity contribution >= 4 is 35.3 Å². The fourth-order valence-electron chi connectivity index (χ4n) is 6.05. The summed E-state index contributed by atoms with van der Waals surface area (Å²) >= 11 is 0. The van der Waals surface area contributed by atoms with Gasteiger partial charge in [-0.2, -0.15) is 13.2 Å². The van der Waals surface area contributed by atoms with Gasteiger partial charge in [0.25, 0.3) is 17.7 Å². The van der Waals surface area contributed by atoms with Crippen LogP contribution in [0.2, 0.25) is 0 Å². The first-order valence-corrected chi connectivity index (χ1v) is 16.2. The van der Waals surface area contributed by atoms with Gasteiger partial charge in [0.15, 0.2) is 0 Å². The quantitative estimate of drug-likeness (QED) is 0.192. The molecule has 270 valence electrons. The largest absolute Gasteiger partial charge is 0.464 e. The van der Waals surface area contributed by atoms with E-state index in [0.717, 1.165) is 17.7 Å². The first-order valence-electron chi connectivity index (χ1n) is 16.2. The lowest BCUT2D eigenvalue weighted by Gasteiger charge is -2.33. The second-order valence-corrected chi connectivity index (χ2v) is 12.5. The van der Waals surface area contributed by atoms with Crippen molar-refractivity contribution in [1.82, 2.24) is 9.80 Å². The lowest BCUT2D eigenvalue weighted by atomic mass is 9.90. The summed E-state index contributed by atoms with van der Waals surface area (Å²) in [5.41, 5.74) is 0.376. The molecule has 1 atom stereocenters. The third-order valence-corrected chi connectivity index (χ3v) is 8.80. The molecule has 0 saturated carbocycles. The van der Waals surface area contributed by atoms with Crippen molar-refractivity contribution in [3.63, 3.8) is 0 Å². The zero-order valence-electron chi connectivity index (χ0n) is 29.1. The normalized spacial score (nSPS) is 15.2. The van der Waals surface area contributed by atoms with Gasteiger partial charge in [0.2, 0.25) is 5.54 Å². The Labute approximate surface area is 298 Å². The number of anilines is 1. The van der Waals surface area contributed by atoms with Gasteiger partial charge in [-0.3, -0.25) is 19.2 Å². The topological polar surface area (TPSA) is 122 Å². The molecule has 1 aliphatic rings. The number of nitrogens with zero attached hydrogens (tertiary/aromatic N) is 2. The lowest BCUT2D eigenvalue weighted by molar-refractivity contribution is -0.164. The van der Waals surface area contributed by atoms with Crippen LogP contribution in [0, 0.1) is 6.92 Å². The van der Waals surface area contributed by atoms with Crippen LogP contribution in [0.1, 0.15) is 60.3 Å².